The number of imidazole rings is 1. The number of unbranched alkanes of at least 4 members (excludes halogenated alkanes) is 1. The van der Waals surface area contributed by atoms with Crippen molar-refractivity contribution in [2.24, 2.45) is 0 Å². The standard InChI is InChI=1S/C18H19N5O2/c1-2-3-11-23-17(24)9-8-15(21-23)18(25)20-14-6-4-5-7-16(14)22-12-10-19-13-22/h4-10,12-13H,2-3,11H2,1H3,(H,20,25). The van der Waals surface area contributed by atoms with Crippen molar-refractivity contribution in [2.45, 2.75) is 26.3 Å². The van der Waals surface area contributed by atoms with Crippen LogP contribution >= 0.6 is 0 Å². The Morgan fingerprint density at radius 2 is 2.04 bits per heavy atom. The van der Waals surface area contributed by atoms with Crippen LogP contribution in [0.25, 0.3) is 5.69 Å². The lowest BCUT2D eigenvalue weighted by Crippen LogP contribution is -2.26. The number of carbonyl (C=O) groups is 1. The second kappa shape index (κ2) is 7.57. The van der Waals surface area contributed by atoms with E-state index in [0.29, 0.717) is 12.2 Å². The van der Waals surface area contributed by atoms with Crippen LogP contribution in [-0.2, 0) is 6.54 Å². The maximum atomic E-state index is 12.6. The van der Waals surface area contributed by atoms with Gasteiger partial charge in [0.25, 0.3) is 11.5 Å². The normalized spacial score (nSPS) is 10.6. The Morgan fingerprint density at radius 1 is 1.20 bits per heavy atom. The molecule has 0 saturated carbocycles. The van der Waals surface area contributed by atoms with Crippen LogP contribution in [0.3, 0.4) is 0 Å². The Kier molecular flexibility index (Phi) is 5.03. The summed E-state index contributed by atoms with van der Waals surface area (Å²) in [6, 6.07) is 10.2. The fourth-order valence-corrected chi connectivity index (χ4v) is 2.43. The van der Waals surface area contributed by atoms with Gasteiger partial charge in [0.2, 0.25) is 0 Å². The molecule has 3 rings (SSSR count). The molecule has 0 spiro atoms. The number of carbonyl (C=O) groups excluding carboxylic acids is 1. The molecule has 1 amide bonds. The summed E-state index contributed by atoms with van der Waals surface area (Å²) in [7, 11) is 0. The molecule has 2 aromatic heterocycles. The van der Waals surface area contributed by atoms with Crippen LogP contribution < -0.4 is 10.9 Å². The van der Waals surface area contributed by atoms with Gasteiger partial charge < -0.3 is 9.88 Å². The van der Waals surface area contributed by atoms with Crippen LogP contribution in [0.5, 0.6) is 0 Å². The predicted molar refractivity (Wildman–Crippen MR) is 94.9 cm³/mol. The molecule has 0 aliphatic heterocycles. The minimum absolute atomic E-state index is 0.205. The molecule has 2 heterocycles. The molecule has 0 unspecified atom stereocenters. The van der Waals surface area contributed by atoms with Gasteiger partial charge in [0.15, 0.2) is 0 Å². The van der Waals surface area contributed by atoms with Gasteiger partial charge in [-0.05, 0) is 24.6 Å². The van der Waals surface area contributed by atoms with Crippen molar-refractivity contribution < 1.29 is 4.79 Å². The second-order valence-electron chi connectivity index (χ2n) is 5.57. The lowest BCUT2D eigenvalue weighted by atomic mass is 10.2. The highest BCUT2D eigenvalue weighted by Crippen LogP contribution is 2.20. The summed E-state index contributed by atoms with van der Waals surface area (Å²) in [6.45, 7) is 2.54. The number of nitrogens with one attached hydrogen (secondary N) is 1. The molecule has 1 N–H and O–H groups in total. The van der Waals surface area contributed by atoms with E-state index in [9.17, 15) is 9.59 Å². The summed E-state index contributed by atoms with van der Waals surface area (Å²) in [6.07, 6.45) is 6.91. The lowest BCUT2D eigenvalue weighted by molar-refractivity contribution is 0.101. The molecular formula is C18H19N5O2. The highest BCUT2D eigenvalue weighted by atomic mass is 16.2. The maximum absolute atomic E-state index is 12.6. The van der Waals surface area contributed by atoms with E-state index in [2.05, 4.69) is 15.4 Å². The zero-order chi connectivity index (χ0) is 17.6. The summed E-state index contributed by atoms with van der Waals surface area (Å²) < 4.78 is 3.14. The Hall–Kier alpha value is -3.22. The number of aromatic nitrogens is 4. The molecule has 0 aliphatic carbocycles. The van der Waals surface area contributed by atoms with E-state index >= 15 is 0 Å². The van der Waals surface area contributed by atoms with Gasteiger partial charge in [0.05, 0.1) is 17.7 Å². The first kappa shape index (κ1) is 16.6. The van der Waals surface area contributed by atoms with Gasteiger partial charge in [-0.15, -0.1) is 0 Å². The van der Waals surface area contributed by atoms with Crippen LogP contribution in [0.1, 0.15) is 30.3 Å². The minimum Gasteiger partial charge on any atom is -0.319 e. The van der Waals surface area contributed by atoms with Crippen molar-refractivity contribution in [3.8, 4) is 5.69 Å². The van der Waals surface area contributed by atoms with Crippen molar-refractivity contribution in [3.05, 3.63) is 71.2 Å². The number of benzene rings is 1. The van der Waals surface area contributed by atoms with Gasteiger partial charge in [-0.2, -0.15) is 5.10 Å². The van der Waals surface area contributed by atoms with Gasteiger partial charge in [-0.3, -0.25) is 9.59 Å². The molecule has 0 radical (unpaired) electrons. The third-order valence-electron chi connectivity index (χ3n) is 3.76. The zero-order valence-electron chi connectivity index (χ0n) is 13.9. The van der Waals surface area contributed by atoms with Crippen molar-refractivity contribution >= 4 is 11.6 Å². The summed E-state index contributed by atoms with van der Waals surface area (Å²) in [5.74, 6) is -0.363. The molecule has 7 nitrogen and oxygen atoms in total. The Balaban J connectivity index is 1.85. The molecule has 1 aromatic carbocycles. The van der Waals surface area contributed by atoms with E-state index in [0.717, 1.165) is 18.5 Å². The molecular weight excluding hydrogens is 318 g/mol. The third-order valence-corrected chi connectivity index (χ3v) is 3.76. The van der Waals surface area contributed by atoms with Gasteiger partial charge in [0.1, 0.15) is 5.69 Å². The minimum atomic E-state index is -0.363. The Bertz CT molecular complexity index is 915. The monoisotopic (exact) mass is 337 g/mol. The van der Waals surface area contributed by atoms with Crippen molar-refractivity contribution in [3.63, 3.8) is 0 Å². The van der Waals surface area contributed by atoms with Crippen LogP contribution in [0, 0.1) is 0 Å². The number of para-hydroxylation sites is 2. The first-order valence-corrected chi connectivity index (χ1v) is 8.16. The number of anilines is 1. The van der Waals surface area contributed by atoms with Crippen LogP contribution in [0.4, 0.5) is 5.69 Å². The fourth-order valence-electron chi connectivity index (χ4n) is 2.43. The molecule has 3 aromatic rings. The highest BCUT2D eigenvalue weighted by Gasteiger charge is 2.12. The van der Waals surface area contributed by atoms with Crippen molar-refractivity contribution in [1.29, 1.82) is 0 Å². The average molecular weight is 337 g/mol. The van der Waals surface area contributed by atoms with Gasteiger partial charge in [-0.1, -0.05) is 25.5 Å². The summed E-state index contributed by atoms with van der Waals surface area (Å²) >= 11 is 0. The van der Waals surface area contributed by atoms with Gasteiger partial charge in [0, 0.05) is 25.0 Å². The topological polar surface area (TPSA) is 81.8 Å². The molecule has 128 valence electrons. The maximum Gasteiger partial charge on any atom is 0.276 e. The molecule has 0 saturated heterocycles. The second-order valence-corrected chi connectivity index (χ2v) is 5.57. The predicted octanol–water partition coefficient (Wildman–Crippen LogP) is 2.48. The third kappa shape index (κ3) is 3.82. The molecule has 7 heteroatoms. The lowest BCUT2D eigenvalue weighted by Gasteiger charge is -2.12. The zero-order valence-corrected chi connectivity index (χ0v) is 13.9. The number of amides is 1. The highest BCUT2D eigenvalue weighted by molar-refractivity contribution is 6.03. The number of rotatable bonds is 6. The largest absolute Gasteiger partial charge is 0.319 e. The van der Waals surface area contributed by atoms with Crippen molar-refractivity contribution in [1.82, 2.24) is 19.3 Å². The molecule has 0 aliphatic rings. The number of hydrogen-bond acceptors (Lipinski definition) is 4. The smallest absolute Gasteiger partial charge is 0.276 e. The molecule has 0 atom stereocenters. The van der Waals surface area contributed by atoms with E-state index in [4.69, 9.17) is 0 Å². The van der Waals surface area contributed by atoms with E-state index in [1.807, 2.05) is 29.7 Å². The van der Waals surface area contributed by atoms with Crippen LogP contribution in [0.15, 0.2) is 59.9 Å². The van der Waals surface area contributed by atoms with E-state index in [-0.39, 0.29) is 17.2 Å². The van der Waals surface area contributed by atoms with Gasteiger partial charge in [-0.25, -0.2) is 9.67 Å². The molecule has 25 heavy (non-hydrogen) atoms. The van der Waals surface area contributed by atoms with Gasteiger partial charge >= 0.3 is 0 Å². The molecule has 0 bridgehead atoms. The Labute approximate surface area is 144 Å². The number of hydrogen-bond donors (Lipinski definition) is 1. The first-order chi connectivity index (χ1) is 12.2. The molecule has 0 fully saturated rings. The van der Waals surface area contributed by atoms with Crippen LogP contribution in [-0.4, -0.2) is 25.2 Å². The average Bonchev–Trinajstić information content (AvgIpc) is 3.16. The first-order valence-electron chi connectivity index (χ1n) is 8.16. The Morgan fingerprint density at radius 3 is 2.80 bits per heavy atom. The number of nitrogens with zero attached hydrogens (tertiary/aromatic N) is 4. The summed E-state index contributed by atoms with van der Waals surface area (Å²) in [5.41, 5.74) is 1.44. The number of aryl methyl sites for hydroxylation is 1. The fraction of sp³-hybridized carbons (Fsp3) is 0.222. The van der Waals surface area contributed by atoms with E-state index < -0.39 is 0 Å². The summed E-state index contributed by atoms with van der Waals surface area (Å²) in [4.78, 5) is 28.4. The van der Waals surface area contributed by atoms with E-state index in [1.54, 1.807) is 24.8 Å². The quantitative estimate of drug-likeness (QED) is 0.749. The van der Waals surface area contributed by atoms with E-state index in [1.165, 1.54) is 16.8 Å². The summed E-state index contributed by atoms with van der Waals surface area (Å²) in [5, 5.41) is 7.02. The van der Waals surface area contributed by atoms with Crippen molar-refractivity contribution in [2.75, 3.05) is 5.32 Å². The SMILES string of the molecule is CCCCn1nc(C(=O)Nc2ccccc2-n2ccnc2)ccc1=O. The van der Waals surface area contributed by atoms with Crippen LogP contribution in [0.2, 0.25) is 0 Å².